The monoisotopic (exact) mass is 278 g/mol. The number of nitrogens with zero attached hydrogens (tertiary/aromatic N) is 3. The quantitative estimate of drug-likeness (QED) is 0.918. The van der Waals surface area contributed by atoms with Gasteiger partial charge in [-0.15, -0.1) is 10.2 Å². The Bertz CT molecular complexity index is 513. The summed E-state index contributed by atoms with van der Waals surface area (Å²) in [6.07, 6.45) is 0. The van der Waals surface area contributed by atoms with Crippen molar-refractivity contribution in [3.05, 3.63) is 34.6 Å². The first-order chi connectivity index (χ1) is 7.70. The van der Waals surface area contributed by atoms with Crippen LogP contribution >= 0.6 is 15.9 Å². The van der Waals surface area contributed by atoms with Crippen molar-refractivity contribution in [3.8, 4) is 11.3 Å². The molecular weight excluding hydrogens is 268 g/mol. The Morgan fingerprint density at radius 1 is 1.25 bits per heavy atom. The molecule has 2 aromatic rings. The number of anilines is 1. The third-order valence-corrected chi connectivity index (χ3v) is 2.62. The average Bonchev–Trinajstić information content (AvgIpc) is 2.28. The number of aromatic nitrogens is 3. The van der Waals surface area contributed by atoms with Gasteiger partial charge in [-0.05, 0) is 19.1 Å². The topological polar surface area (TPSA) is 50.7 Å². The maximum atomic E-state index is 4.30. The highest BCUT2D eigenvalue weighted by molar-refractivity contribution is 9.10. The molecule has 16 heavy (non-hydrogen) atoms. The minimum absolute atomic E-state index is 0.656. The Balaban J connectivity index is 2.55. The molecule has 1 aromatic carbocycles. The zero-order valence-corrected chi connectivity index (χ0v) is 10.6. The second-order valence-electron chi connectivity index (χ2n) is 3.32. The number of aryl methyl sites for hydroxylation is 1. The maximum Gasteiger partial charge on any atom is 0.156 e. The fourth-order valence-corrected chi connectivity index (χ4v) is 1.81. The van der Waals surface area contributed by atoms with Crippen LogP contribution in [0.3, 0.4) is 0 Å². The molecule has 0 amide bonds. The summed E-state index contributed by atoms with van der Waals surface area (Å²) in [6.45, 7) is 1.82. The molecule has 2 rings (SSSR count). The van der Waals surface area contributed by atoms with E-state index in [-0.39, 0.29) is 0 Å². The molecule has 0 aliphatic heterocycles. The Morgan fingerprint density at radius 3 is 2.75 bits per heavy atom. The van der Waals surface area contributed by atoms with Crippen LogP contribution in [0.1, 0.15) is 5.82 Å². The Morgan fingerprint density at radius 2 is 2.06 bits per heavy atom. The van der Waals surface area contributed by atoms with Crippen molar-refractivity contribution in [2.75, 3.05) is 12.4 Å². The summed E-state index contributed by atoms with van der Waals surface area (Å²) < 4.78 is 1.01. The van der Waals surface area contributed by atoms with Gasteiger partial charge >= 0.3 is 0 Å². The van der Waals surface area contributed by atoms with Crippen molar-refractivity contribution in [1.29, 1.82) is 0 Å². The van der Waals surface area contributed by atoms with Crippen LogP contribution in [0, 0.1) is 6.92 Å². The lowest BCUT2D eigenvalue weighted by molar-refractivity contribution is 0.916. The summed E-state index contributed by atoms with van der Waals surface area (Å²) in [5.41, 5.74) is 1.74. The van der Waals surface area contributed by atoms with Crippen molar-refractivity contribution in [2.45, 2.75) is 6.92 Å². The molecule has 1 aromatic heterocycles. The number of nitrogens with one attached hydrogen (secondary N) is 1. The lowest BCUT2D eigenvalue weighted by Crippen LogP contribution is -2.02. The van der Waals surface area contributed by atoms with E-state index in [1.165, 1.54) is 0 Å². The highest BCUT2D eigenvalue weighted by Crippen LogP contribution is 2.25. The molecule has 0 radical (unpaired) electrons. The fraction of sp³-hybridized carbons (Fsp3) is 0.182. The van der Waals surface area contributed by atoms with Gasteiger partial charge in [0.25, 0.3) is 0 Å². The van der Waals surface area contributed by atoms with Gasteiger partial charge in [0, 0.05) is 17.1 Å². The van der Waals surface area contributed by atoms with Gasteiger partial charge in [0.1, 0.15) is 11.5 Å². The summed E-state index contributed by atoms with van der Waals surface area (Å²) in [5.74, 6) is 1.40. The molecule has 0 unspecified atom stereocenters. The zero-order chi connectivity index (χ0) is 11.5. The smallest absolute Gasteiger partial charge is 0.156 e. The number of hydrogen-bond donors (Lipinski definition) is 1. The maximum absolute atomic E-state index is 4.30. The first-order valence-corrected chi connectivity index (χ1v) is 5.65. The molecule has 1 N–H and O–H groups in total. The van der Waals surface area contributed by atoms with Crippen LogP contribution in [0.4, 0.5) is 5.82 Å². The van der Waals surface area contributed by atoms with E-state index in [0.29, 0.717) is 5.82 Å². The molecule has 0 saturated heterocycles. The van der Waals surface area contributed by atoms with E-state index in [2.05, 4.69) is 36.4 Å². The Kier molecular flexibility index (Phi) is 3.14. The summed E-state index contributed by atoms with van der Waals surface area (Å²) >= 11 is 3.43. The summed E-state index contributed by atoms with van der Waals surface area (Å²) in [4.78, 5) is 4.30. The number of halogens is 1. The van der Waals surface area contributed by atoms with Crippen molar-refractivity contribution in [1.82, 2.24) is 15.2 Å². The largest absolute Gasteiger partial charge is 0.371 e. The number of rotatable bonds is 2. The lowest BCUT2D eigenvalue weighted by atomic mass is 10.1. The highest BCUT2D eigenvalue weighted by atomic mass is 79.9. The van der Waals surface area contributed by atoms with Crippen molar-refractivity contribution in [2.24, 2.45) is 0 Å². The molecule has 0 atom stereocenters. The lowest BCUT2D eigenvalue weighted by Gasteiger charge is -2.07. The van der Waals surface area contributed by atoms with Gasteiger partial charge in [0.05, 0.1) is 0 Å². The molecule has 0 fully saturated rings. The van der Waals surface area contributed by atoms with E-state index in [1.807, 2.05) is 38.2 Å². The van der Waals surface area contributed by atoms with Gasteiger partial charge in [-0.2, -0.15) is 0 Å². The van der Waals surface area contributed by atoms with Crippen LogP contribution in [0.5, 0.6) is 0 Å². The van der Waals surface area contributed by atoms with Crippen molar-refractivity contribution < 1.29 is 0 Å². The van der Waals surface area contributed by atoms with Crippen LogP contribution in [0.2, 0.25) is 0 Å². The van der Waals surface area contributed by atoms with Gasteiger partial charge in [-0.25, -0.2) is 4.98 Å². The predicted octanol–water partition coefficient (Wildman–Crippen LogP) is 2.65. The van der Waals surface area contributed by atoms with Gasteiger partial charge < -0.3 is 5.32 Å². The van der Waals surface area contributed by atoms with Gasteiger partial charge in [0.15, 0.2) is 5.82 Å². The molecule has 1 heterocycles. The molecular formula is C11H11BrN4. The molecule has 0 aliphatic rings. The minimum Gasteiger partial charge on any atom is -0.371 e. The Labute approximate surface area is 102 Å². The van der Waals surface area contributed by atoms with E-state index in [4.69, 9.17) is 0 Å². The van der Waals surface area contributed by atoms with E-state index >= 15 is 0 Å². The molecule has 0 bridgehead atoms. The van der Waals surface area contributed by atoms with Crippen LogP contribution in [0.15, 0.2) is 28.7 Å². The minimum atomic E-state index is 0.656. The first kappa shape index (κ1) is 11.0. The average molecular weight is 279 g/mol. The third kappa shape index (κ3) is 2.19. The van der Waals surface area contributed by atoms with Gasteiger partial charge in [-0.3, -0.25) is 0 Å². The summed E-state index contributed by atoms with van der Waals surface area (Å²) in [6, 6.07) is 7.90. The van der Waals surface area contributed by atoms with Crippen LogP contribution < -0.4 is 5.32 Å². The first-order valence-electron chi connectivity index (χ1n) is 4.85. The second kappa shape index (κ2) is 4.57. The van der Waals surface area contributed by atoms with Crippen LogP contribution in [-0.2, 0) is 0 Å². The molecule has 0 saturated carbocycles. The molecule has 0 spiro atoms. The Hall–Kier alpha value is -1.49. The van der Waals surface area contributed by atoms with Crippen molar-refractivity contribution in [3.63, 3.8) is 0 Å². The highest BCUT2D eigenvalue weighted by Gasteiger charge is 2.08. The van der Waals surface area contributed by atoms with Crippen LogP contribution in [-0.4, -0.2) is 22.2 Å². The number of benzene rings is 1. The molecule has 0 aliphatic carbocycles. The molecule has 82 valence electrons. The van der Waals surface area contributed by atoms with Gasteiger partial charge in [-0.1, -0.05) is 28.1 Å². The SMILES string of the molecule is CNc1nc(C)nnc1-c1cccc(Br)c1. The number of hydrogen-bond acceptors (Lipinski definition) is 4. The zero-order valence-electron chi connectivity index (χ0n) is 9.03. The third-order valence-electron chi connectivity index (χ3n) is 2.13. The predicted molar refractivity (Wildman–Crippen MR) is 67.2 cm³/mol. The van der Waals surface area contributed by atoms with E-state index in [1.54, 1.807) is 0 Å². The van der Waals surface area contributed by atoms with E-state index < -0.39 is 0 Å². The normalized spacial score (nSPS) is 10.2. The van der Waals surface area contributed by atoms with E-state index in [0.717, 1.165) is 21.5 Å². The van der Waals surface area contributed by atoms with Crippen LogP contribution in [0.25, 0.3) is 11.3 Å². The summed E-state index contributed by atoms with van der Waals surface area (Å²) in [5, 5.41) is 11.2. The fourth-order valence-electron chi connectivity index (χ4n) is 1.41. The molecule has 5 heteroatoms. The summed E-state index contributed by atoms with van der Waals surface area (Å²) in [7, 11) is 1.82. The van der Waals surface area contributed by atoms with Crippen molar-refractivity contribution >= 4 is 21.7 Å². The standard InChI is InChI=1S/C11H11BrN4/c1-7-14-11(13-2)10(16-15-7)8-4-3-5-9(12)6-8/h3-6H,1-2H3,(H,13,14,15). The molecule has 4 nitrogen and oxygen atoms in total. The van der Waals surface area contributed by atoms with E-state index in [9.17, 15) is 0 Å². The second-order valence-corrected chi connectivity index (χ2v) is 4.23. The van der Waals surface area contributed by atoms with Gasteiger partial charge in [0.2, 0.25) is 0 Å².